The zero-order chi connectivity index (χ0) is 19.3. The fraction of sp³-hybridized carbons (Fsp3) is 0.263. The van der Waals surface area contributed by atoms with Crippen molar-refractivity contribution in [3.05, 3.63) is 65.2 Å². The van der Waals surface area contributed by atoms with E-state index < -0.39 is 10.0 Å². The van der Waals surface area contributed by atoms with E-state index in [-0.39, 0.29) is 16.8 Å². The number of nitrogens with zero attached hydrogens (tertiary/aromatic N) is 2. The van der Waals surface area contributed by atoms with Gasteiger partial charge in [-0.3, -0.25) is 4.79 Å². The van der Waals surface area contributed by atoms with E-state index in [1.807, 2.05) is 0 Å². The molecule has 2 aromatic rings. The molecule has 0 saturated carbocycles. The molecule has 2 rings (SSSR count). The Kier molecular flexibility index (Phi) is 6.14. The van der Waals surface area contributed by atoms with Gasteiger partial charge in [0, 0.05) is 25.2 Å². The molecule has 7 heteroatoms. The molecule has 0 bridgehead atoms. The summed E-state index contributed by atoms with van der Waals surface area (Å²) in [5.41, 5.74) is 1.87. The van der Waals surface area contributed by atoms with Crippen LogP contribution in [-0.4, -0.2) is 32.3 Å². The first-order chi connectivity index (χ1) is 12.2. The fourth-order valence-electron chi connectivity index (χ4n) is 2.41. The molecule has 0 heterocycles. The standard InChI is InChI=1S/C19H21N3O3S/c1-14(2)21-26(24,25)18-10-8-17(9-11-18)19(23)22(3)13-16-6-4-15(12-20)5-7-16/h4-11,14,21H,13H2,1-3H3. The number of carbonyl (C=O) groups excluding carboxylic acids is 1. The summed E-state index contributed by atoms with van der Waals surface area (Å²) in [6.45, 7) is 3.88. The molecular weight excluding hydrogens is 350 g/mol. The first kappa shape index (κ1) is 19.6. The number of nitriles is 1. The van der Waals surface area contributed by atoms with Crippen LogP contribution in [-0.2, 0) is 16.6 Å². The highest BCUT2D eigenvalue weighted by Crippen LogP contribution is 2.14. The monoisotopic (exact) mass is 371 g/mol. The summed E-state index contributed by atoms with van der Waals surface area (Å²) >= 11 is 0. The van der Waals surface area contributed by atoms with Gasteiger partial charge < -0.3 is 4.90 Å². The van der Waals surface area contributed by atoms with Crippen molar-refractivity contribution in [3.63, 3.8) is 0 Å². The maximum absolute atomic E-state index is 12.5. The van der Waals surface area contributed by atoms with Crippen LogP contribution in [0.3, 0.4) is 0 Å². The predicted octanol–water partition coefficient (Wildman–Crippen LogP) is 2.52. The Hall–Kier alpha value is -2.69. The van der Waals surface area contributed by atoms with Gasteiger partial charge in [-0.2, -0.15) is 5.26 Å². The van der Waals surface area contributed by atoms with Crippen LogP contribution in [0.4, 0.5) is 0 Å². The number of hydrogen-bond acceptors (Lipinski definition) is 4. The number of sulfonamides is 1. The summed E-state index contributed by atoms with van der Waals surface area (Å²) in [7, 11) is -1.91. The van der Waals surface area contributed by atoms with Crippen LogP contribution in [0.5, 0.6) is 0 Å². The average molecular weight is 371 g/mol. The van der Waals surface area contributed by atoms with Gasteiger partial charge in [0.05, 0.1) is 16.5 Å². The molecule has 0 aliphatic heterocycles. The van der Waals surface area contributed by atoms with Crippen LogP contribution < -0.4 is 4.72 Å². The van der Waals surface area contributed by atoms with Crippen LogP contribution in [0.25, 0.3) is 0 Å². The third-order valence-corrected chi connectivity index (χ3v) is 5.33. The molecule has 1 amide bonds. The lowest BCUT2D eigenvalue weighted by atomic mass is 10.1. The first-order valence-electron chi connectivity index (χ1n) is 8.10. The van der Waals surface area contributed by atoms with Crippen LogP contribution in [0.15, 0.2) is 53.4 Å². The van der Waals surface area contributed by atoms with E-state index in [4.69, 9.17) is 5.26 Å². The largest absolute Gasteiger partial charge is 0.337 e. The SMILES string of the molecule is CC(C)NS(=O)(=O)c1ccc(C(=O)N(C)Cc2ccc(C#N)cc2)cc1. The Morgan fingerprint density at radius 1 is 1.12 bits per heavy atom. The Bertz CT molecular complexity index is 912. The second-order valence-corrected chi connectivity index (χ2v) is 7.98. The summed E-state index contributed by atoms with van der Waals surface area (Å²) in [6.07, 6.45) is 0. The van der Waals surface area contributed by atoms with Crippen molar-refractivity contribution in [2.24, 2.45) is 0 Å². The van der Waals surface area contributed by atoms with E-state index in [1.165, 1.54) is 29.2 Å². The average Bonchev–Trinajstić information content (AvgIpc) is 2.60. The fourth-order valence-corrected chi connectivity index (χ4v) is 3.66. The second kappa shape index (κ2) is 8.13. The maximum Gasteiger partial charge on any atom is 0.253 e. The van der Waals surface area contributed by atoms with Crippen molar-refractivity contribution in [2.45, 2.75) is 31.3 Å². The lowest BCUT2D eigenvalue weighted by Crippen LogP contribution is -2.30. The number of nitrogens with one attached hydrogen (secondary N) is 1. The molecule has 0 radical (unpaired) electrons. The van der Waals surface area contributed by atoms with Crippen LogP contribution in [0, 0.1) is 11.3 Å². The minimum absolute atomic E-state index is 0.123. The number of hydrogen-bond donors (Lipinski definition) is 1. The van der Waals surface area contributed by atoms with E-state index >= 15 is 0 Å². The Balaban J connectivity index is 2.10. The highest BCUT2D eigenvalue weighted by Gasteiger charge is 2.17. The Labute approximate surface area is 154 Å². The van der Waals surface area contributed by atoms with Gasteiger partial charge in [0.15, 0.2) is 0 Å². The number of rotatable bonds is 6. The summed E-state index contributed by atoms with van der Waals surface area (Å²) in [4.78, 5) is 14.2. The third-order valence-electron chi connectivity index (χ3n) is 3.65. The van der Waals surface area contributed by atoms with Crippen molar-refractivity contribution in [1.82, 2.24) is 9.62 Å². The van der Waals surface area contributed by atoms with Crippen molar-refractivity contribution < 1.29 is 13.2 Å². The van der Waals surface area contributed by atoms with Gasteiger partial charge in [-0.05, 0) is 55.8 Å². The number of carbonyl (C=O) groups is 1. The van der Waals surface area contributed by atoms with Gasteiger partial charge in [-0.1, -0.05) is 12.1 Å². The van der Waals surface area contributed by atoms with Crippen LogP contribution in [0.1, 0.15) is 35.3 Å². The molecule has 0 saturated heterocycles. The van der Waals surface area contributed by atoms with Gasteiger partial charge in [-0.15, -0.1) is 0 Å². The molecule has 0 aromatic heterocycles. The molecule has 6 nitrogen and oxygen atoms in total. The maximum atomic E-state index is 12.5. The molecule has 0 atom stereocenters. The zero-order valence-electron chi connectivity index (χ0n) is 14.9. The number of benzene rings is 2. The van der Waals surface area contributed by atoms with Gasteiger partial charge in [-0.25, -0.2) is 13.1 Å². The molecule has 1 N–H and O–H groups in total. The van der Waals surface area contributed by atoms with E-state index in [9.17, 15) is 13.2 Å². The lowest BCUT2D eigenvalue weighted by molar-refractivity contribution is 0.0785. The quantitative estimate of drug-likeness (QED) is 0.845. The topological polar surface area (TPSA) is 90.3 Å². The lowest BCUT2D eigenvalue weighted by Gasteiger charge is -2.18. The van der Waals surface area contributed by atoms with Crippen molar-refractivity contribution >= 4 is 15.9 Å². The molecule has 0 unspecified atom stereocenters. The minimum Gasteiger partial charge on any atom is -0.337 e. The highest BCUT2D eigenvalue weighted by molar-refractivity contribution is 7.89. The van der Waals surface area contributed by atoms with E-state index in [0.29, 0.717) is 17.7 Å². The molecule has 0 aliphatic carbocycles. The molecular formula is C19H21N3O3S. The van der Waals surface area contributed by atoms with E-state index in [0.717, 1.165) is 5.56 Å². The van der Waals surface area contributed by atoms with Crippen LogP contribution >= 0.6 is 0 Å². The van der Waals surface area contributed by atoms with Gasteiger partial charge in [0.25, 0.3) is 5.91 Å². The smallest absolute Gasteiger partial charge is 0.253 e. The van der Waals surface area contributed by atoms with Crippen molar-refractivity contribution in [2.75, 3.05) is 7.05 Å². The predicted molar refractivity (Wildman–Crippen MR) is 98.9 cm³/mol. The Morgan fingerprint density at radius 3 is 2.19 bits per heavy atom. The first-order valence-corrected chi connectivity index (χ1v) is 9.58. The van der Waals surface area contributed by atoms with Gasteiger partial charge in [0.1, 0.15) is 0 Å². The van der Waals surface area contributed by atoms with E-state index in [1.54, 1.807) is 45.2 Å². The molecule has 0 spiro atoms. The summed E-state index contributed by atoms with van der Waals surface area (Å²) in [6, 6.07) is 14.7. The van der Waals surface area contributed by atoms with E-state index in [2.05, 4.69) is 10.8 Å². The highest BCUT2D eigenvalue weighted by atomic mass is 32.2. The third kappa shape index (κ3) is 4.91. The summed E-state index contributed by atoms with van der Waals surface area (Å²) in [5.74, 6) is -0.213. The molecule has 0 aliphatic rings. The normalized spacial score (nSPS) is 11.2. The minimum atomic E-state index is -3.58. The van der Waals surface area contributed by atoms with Gasteiger partial charge in [0.2, 0.25) is 10.0 Å². The van der Waals surface area contributed by atoms with Gasteiger partial charge >= 0.3 is 0 Å². The summed E-state index contributed by atoms with van der Waals surface area (Å²) < 4.78 is 26.7. The Morgan fingerprint density at radius 2 is 1.69 bits per heavy atom. The molecule has 26 heavy (non-hydrogen) atoms. The summed E-state index contributed by atoms with van der Waals surface area (Å²) in [5, 5.41) is 8.81. The van der Waals surface area contributed by atoms with Crippen LogP contribution in [0.2, 0.25) is 0 Å². The van der Waals surface area contributed by atoms with Crippen molar-refractivity contribution in [3.8, 4) is 6.07 Å². The molecule has 136 valence electrons. The number of amides is 1. The second-order valence-electron chi connectivity index (χ2n) is 6.27. The molecule has 0 fully saturated rings. The van der Waals surface area contributed by atoms with Crippen molar-refractivity contribution in [1.29, 1.82) is 5.26 Å². The zero-order valence-corrected chi connectivity index (χ0v) is 15.7. The molecule has 2 aromatic carbocycles.